The summed E-state index contributed by atoms with van der Waals surface area (Å²) in [4.78, 5) is 15.2. The number of carbonyl (C=O) groups excluding carboxylic acids is 1. The van der Waals surface area contributed by atoms with Gasteiger partial charge in [0.05, 0.1) is 4.88 Å². The van der Waals surface area contributed by atoms with Gasteiger partial charge in [-0.1, -0.05) is 13.8 Å². The molecule has 2 nitrogen and oxygen atoms in total. The Labute approximate surface area is 86.8 Å². The summed E-state index contributed by atoms with van der Waals surface area (Å²) in [5.41, 5.74) is 0. The molecule has 0 N–H and O–H groups in total. The molecule has 1 heterocycles. The van der Waals surface area contributed by atoms with Gasteiger partial charge in [0.15, 0.2) is 6.29 Å². The minimum atomic E-state index is 0.718. The minimum Gasteiger partial charge on any atom is -0.297 e. The maximum Gasteiger partial charge on any atom is 0.161 e. The molecule has 0 radical (unpaired) electrons. The van der Waals surface area contributed by atoms with Gasteiger partial charge in [-0.3, -0.25) is 4.79 Å². The summed E-state index contributed by atoms with van der Waals surface area (Å²) < 4.78 is 0. The molecule has 1 aromatic heterocycles. The molecule has 0 atom stereocenters. The smallest absolute Gasteiger partial charge is 0.161 e. The lowest BCUT2D eigenvalue weighted by molar-refractivity contribution is 0.112. The van der Waals surface area contributed by atoms with Gasteiger partial charge in [0.25, 0.3) is 0 Å². The largest absolute Gasteiger partial charge is 0.297 e. The van der Waals surface area contributed by atoms with E-state index in [-0.39, 0.29) is 0 Å². The molecule has 0 aromatic carbocycles. The highest BCUT2D eigenvalue weighted by Gasteiger charge is 2.01. The van der Waals surface area contributed by atoms with Crippen LogP contribution in [-0.2, 0) is 5.75 Å². The minimum absolute atomic E-state index is 0.718. The lowest BCUT2D eigenvalue weighted by atomic mass is 10.3. The molecule has 0 bridgehead atoms. The number of hydrogen-bond donors (Lipinski definition) is 0. The van der Waals surface area contributed by atoms with Crippen molar-refractivity contribution in [2.75, 3.05) is 5.75 Å². The van der Waals surface area contributed by atoms with Crippen LogP contribution in [0.3, 0.4) is 0 Å². The zero-order chi connectivity index (χ0) is 9.68. The van der Waals surface area contributed by atoms with Crippen LogP contribution in [0.4, 0.5) is 0 Å². The van der Waals surface area contributed by atoms with Crippen molar-refractivity contribution in [1.29, 1.82) is 0 Å². The van der Waals surface area contributed by atoms with E-state index >= 15 is 0 Å². The van der Waals surface area contributed by atoms with Crippen LogP contribution in [0.25, 0.3) is 0 Å². The quantitative estimate of drug-likeness (QED) is 0.707. The number of thiazole rings is 1. The Hall–Kier alpha value is -0.350. The van der Waals surface area contributed by atoms with Crippen molar-refractivity contribution in [3.63, 3.8) is 0 Å². The Morgan fingerprint density at radius 1 is 1.69 bits per heavy atom. The van der Waals surface area contributed by atoms with Crippen LogP contribution in [-0.4, -0.2) is 17.0 Å². The summed E-state index contributed by atoms with van der Waals surface area (Å²) in [7, 11) is 0. The molecule has 0 saturated heterocycles. The first-order chi connectivity index (χ1) is 6.22. The molecule has 0 unspecified atom stereocenters. The van der Waals surface area contributed by atoms with Crippen molar-refractivity contribution < 1.29 is 4.79 Å². The average Bonchev–Trinajstić information content (AvgIpc) is 2.52. The van der Waals surface area contributed by atoms with E-state index in [0.717, 1.165) is 33.6 Å². The fourth-order valence-electron chi connectivity index (χ4n) is 0.828. The monoisotopic (exact) mass is 215 g/mol. The highest BCUT2D eigenvalue weighted by molar-refractivity contribution is 7.98. The number of nitrogens with zero attached hydrogens (tertiary/aromatic N) is 1. The van der Waals surface area contributed by atoms with Crippen molar-refractivity contribution in [1.82, 2.24) is 4.98 Å². The topological polar surface area (TPSA) is 30.0 Å². The van der Waals surface area contributed by atoms with Crippen molar-refractivity contribution >= 4 is 29.4 Å². The molecule has 0 aliphatic carbocycles. The Balaban J connectivity index is 2.32. The van der Waals surface area contributed by atoms with Crippen LogP contribution in [0.15, 0.2) is 6.20 Å². The van der Waals surface area contributed by atoms with Gasteiger partial charge in [0.1, 0.15) is 5.01 Å². The SMILES string of the molecule is CC(C)CSCc1ncc(C=O)s1. The number of aromatic nitrogens is 1. The molecular formula is C9H13NOS2. The molecular weight excluding hydrogens is 202 g/mol. The zero-order valence-corrected chi connectivity index (χ0v) is 9.45. The number of aldehydes is 1. The molecule has 4 heteroatoms. The second-order valence-electron chi connectivity index (χ2n) is 3.18. The molecule has 72 valence electrons. The Bertz CT molecular complexity index is 270. The highest BCUT2D eigenvalue weighted by Crippen LogP contribution is 2.18. The molecule has 1 rings (SSSR count). The Morgan fingerprint density at radius 2 is 2.46 bits per heavy atom. The van der Waals surface area contributed by atoms with Gasteiger partial charge in [0.2, 0.25) is 0 Å². The maximum atomic E-state index is 10.4. The standard InChI is InChI=1S/C9H13NOS2/c1-7(2)5-12-6-9-10-3-8(4-11)13-9/h3-4,7H,5-6H2,1-2H3. The van der Waals surface area contributed by atoms with Gasteiger partial charge in [-0.2, -0.15) is 11.8 Å². The molecule has 0 saturated carbocycles. The fraction of sp³-hybridized carbons (Fsp3) is 0.556. The van der Waals surface area contributed by atoms with E-state index in [1.807, 2.05) is 11.8 Å². The van der Waals surface area contributed by atoms with Gasteiger partial charge in [0, 0.05) is 11.9 Å². The van der Waals surface area contributed by atoms with E-state index in [1.54, 1.807) is 6.20 Å². The summed E-state index contributed by atoms with van der Waals surface area (Å²) in [5.74, 6) is 2.79. The van der Waals surface area contributed by atoms with Gasteiger partial charge < -0.3 is 0 Å². The third kappa shape index (κ3) is 3.91. The summed E-state index contributed by atoms with van der Waals surface area (Å²) in [5, 5.41) is 1.05. The van der Waals surface area contributed by atoms with Crippen molar-refractivity contribution in [3.8, 4) is 0 Å². The van der Waals surface area contributed by atoms with E-state index in [4.69, 9.17) is 0 Å². The fourth-order valence-corrected chi connectivity index (χ4v) is 2.68. The van der Waals surface area contributed by atoms with Crippen molar-refractivity contribution in [3.05, 3.63) is 16.1 Å². The van der Waals surface area contributed by atoms with Crippen molar-refractivity contribution in [2.24, 2.45) is 5.92 Å². The Kier molecular flexibility index (Phi) is 4.45. The van der Waals surface area contributed by atoms with Gasteiger partial charge in [-0.15, -0.1) is 11.3 Å². The third-order valence-corrected chi connectivity index (χ3v) is 3.85. The number of carbonyl (C=O) groups is 1. The van der Waals surface area contributed by atoms with Crippen LogP contribution in [0, 0.1) is 5.92 Å². The highest BCUT2D eigenvalue weighted by atomic mass is 32.2. The molecule has 0 aliphatic rings. The predicted octanol–water partition coefficient (Wildman–Crippen LogP) is 2.84. The van der Waals surface area contributed by atoms with E-state index in [9.17, 15) is 4.79 Å². The molecule has 0 amide bonds. The first-order valence-electron chi connectivity index (χ1n) is 4.20. The predicted molar refractivity (Wildman–Crippen MR) is 58.5 cm³/mol. The molecule has 0 aliphatic heterocycles. The zero-order valence-electron chi connectivity index (χ0n) is 7.82. The second-order valence-corrected chi connectivity index (χ2v) is 5.36. The van der Waals surface area contributed by atoms with Crippen LogP contribution in [0.1, 0.15) is 28.5 Å². The summed E-state index contributed by atoms with van der Waals surface area (Å²) in [6.45, 7) is 4.40. The van der Waals surface area contributed by atoms with E-state index < -0.39 is 0 Å². The van der Waals surface area contributed by atoms with Crippen LogP contribution < -0.4 is 0 Å². The van der Waals surface area contributed by atoms with Gasteiger partial charge in [-0.05, 0) is 11.7 Å². The van der Waals surface area contributed by atoms with E-state index in [0.29, 0.717) is 0 Å². The Morgan fingerprint density at radius 3 is 3.00 bits per heavy atom. The average molecular weight is 215 g/mol. The van der Waals surface area contributed by atoms with Crippen LogP contribution in [0.2, 0.25) is 0 Å². The number of rotatable bonds is 5. The molecule has 1 aromatic rings. The summed E-state index contributed by atoms with van der Waals surface area (Å²) in [6, 6.07) is 0. The van der Waals surface area contributed by atoms with Crippen molar-refractivity contribution in [2.45, 2.75) is 19.6 Å². The lowest BCUT2D eigenvalue weighted by Crippen LogP contribution is -1.90. The second kappa shape index (κ2) is 5.40. The van der Waals surface area contributed by atoms with Crippen LogP contribution >= 0.6 is 23.1 Å². The first kappa shape index (κ1) is 10.7. The maximum absolute atomic E-state index is 10.4. The number of thioether (sulfide) groups is 1. The van der Waals surface area contributed by atoms with Gasteiger partial charge in [-0.25, -0.2) is 4.98 Å². The molecule has 0 fully saturated rings. The lowest BCUT2D eigenvalue weighted by Gasteiger charge is -2.01. The summed E-state index contributed by atoms with van der Waals surface area (Å²) >= 11 is 3.35. The van der Waals surface area contributed by atoms with E-state index in [1.165, 1.54) is 11.3 Å². The van der Waals surface area contributed by atoms with E-state index in [2.05, 4.69) is 18.8 Å². The van der Waals surface area contributed by atoms with Crippen LogP contribution in [0.5, 0.6) is 0 Å². The molecule has 13 heavy (non-hydrogen) atoms. The normalized spacial score (nSPS) is 10.7. The first-order valence-corrected chi connectivity index (χ1v) is 6.17. The third-order valence-electron chi connectivity index (χ3n) is 1.36. The number of hydrogen-bond acceptors (Lipinski definition) is 4. The molecule has 0 spiro atoms. The van der Waals surface area contributed by atoms with Gasteiger partial charge >= 0.3 is 0 Å². The summed E-state index contributed by atoms with van der Waals surface area (Å²) in [6.07, 6.45) is 2.50.